The van der Waals surface area contributed by atoms with E-state index in [1.807, 2.05) is 6.92 Å². The fraction of sp³-hybridized carbons (Fsp3) is 0.900. The predicted molar refractivity (Wildman–Crippen MR) is 50.1 cm³/mol. The molecule has 0 spiro atoms. The Morgan fingerprint density at radius 2 is 1.93 bits per heavy atom. The summed E-state index contributed by atoms with van der Waals surface area (Å²) in [5.41, 5.74) is -0.443. The third kappa shape index (κ3) is 7.20. The highest BCUT2D eigenvalue weighted by Gasteiger charge is 2.27. The number of alkyl halides is 3. The zero-order valence-electron chi connectivity index (χ0n) is 9.02. The molecule has 0 aliphatic carbocycles. The average Bonchev–Trinajstić information content (AvgIpc) is 2.15. The van der Waals surface area contributed by atoms with Crippen molar-refractivity contribution in [1.82, 2.24) is 0 Å². The molecule has 0 bridgehead atoms. The van der Waals surface area contributed by atoms with Crippen LogP contribution in [0.3, 0.4) is 0 Å². The van der Waals surface area contributed by atoms with Crippen molar-refractivity contribution in [3.63, 3.8) is 0 Å². The summed E-state index contributed by atoms with van der Waals surface area (Å²) in [5, 5.41) is 8.80. The Labute approximate surface area is 88.0 Å². The Morgan fingerprint density at radius 1 is 1.33 bits per heavy atom. The van der Waals surface area contributed by atoms with Crippen molar-refractivity contribution in [3.05, 3.63) is 0 Å². The topological polar surface area (TPSA) is 33.0 Å². The van der Waals surface area contributed by atoms with Crippen molar-refractivity contribution in [2.45, 2.75) is 39.3 Å². The van der Waals surface area contributed by atoms with Gasteiger partial charge in [-0.1, -0.05) is 6.92 Å². The standard InChI is InChI=1S/C10H16F3NO/c1-3-9(2,7-14)5-4-6-15-8-10(11,12)13/h3-6,8H2,1-2H3. The molecule has 0 amide bonds. The third-order valence-electron chi connectivity index (χ3n) is 2.33. The molecule has 2 nitrogen and oxygen atoms in total. The first-order valence-corrected chi connectivity index (χ1v) is 4.89. The molecule has 0 N–H and O–H groups in total. The lowest BCUT2D eigenvalue weighted by Crippen LogP contribution is -2.18. The van der Waals surface area contributed by atoms with Crippen molar-refractivity contribution >= 4 is 0 Å². The van der Waals surface area contributed by atoms with Gasteiger partial charge in [-0.25, -0.2) is 0 Å². The Morgan fingerprint density at radius 3 is 2.33 bits per heavy atom. The van der Waals surface area contributed by atoms with Gasteiger partial charge in [0.05, 0.1) is 11.5 Å². The Hall–Kier alpha value is -0.760. The summed E-state index contributed by atoms with van der Waals surface area (Å²) >= 11 is 0. The van der Waals surface area contributed by atoms with E-state index in [0.717, 1.165) is 0 Å². The molecule has 0 aliphatic heterocycles. The lowest BCUT2D eigenvalue weighted by atomic mass is 9.85. The number of nitrogens with zero attached hydrogens (tertiary/aromatic N) is 1. The highest BCUT2D eigenvalue weighted by Crippen LogP contribution is 2.26. The SMILES string of the molecule is CCC(C)(C#N)CCCOCC(F)(F)F. The quantitative estimate of drug-likeness (QED) is 0.647. The van der Waals surface area contributed by atoms with E-state index in [-0.39, 0.29) is 6.61 Å². The first kappa shape index (κ1) is 14.2. The highest BCUT2D eigenvalue weighted by molar-refractivity contribution is 4.94. The summed E-state index contributed by atoms with van der Waals surface area (Å²) < 4.78 is 39.5. The number of rotatable bonds is 6. The second-order valence-electron chi connectivity index (χ2n) is 3.80. The van der Waals surface area contributed by atoms with Gasteiger partial charge in [-0.15, -0.1) is 0 Å². The van der Waals surface area contributed by atoms with Gasteiger partial charge in [0.2, 0.25) is 0 Å². The van der Waals surface area contributed by atoms with Gasteiger partial charge >= 0.3 is 6.18 Å². The molecular weight excluding hydrogens is 207 g/mol. The molecule has 0 aliphatic rings. The molecule has 0 radical (unpaired) electrons. The van der Waals surface area contributed by atoms with Crippen LogP contribution in [0, 0.1) is 16.7 Å². The number of halogens is 3. The minimum absolute atomic E-state index is 0.0524. The van der Waals surface area contributed by atoms with Crippen LogP contribution >= 0.6 is 0 Å². The molecule has 0 aromatic heterocycles. The first-order chi connectivity index (χ1) is 6.83. The maximum atomic E-state index is 11.7. The molecule has 1 atom stereocenters. The van der Waals surface area contributed by atoms with Gasteiger partial charge in [-0.2, -0.15) is 18.4 Å². The van der Waals surface area contributed by atoms with Crippen molar-refractivity contribution < 1.29 is 17.9 Å². The fourth-order valence-corrected chi connectivity index (χ4v) is 1.06. The van der Waals surface area contributed by atoms with E-state index in [4.69, 9.17) is 5.26 Å². The van der Waals surface area contributed by atoms with Gasteiger partial charge in [-0.3, -0.25) is 0 Å². The van der Waals surface area contributed by atoms with E-state index in [1.54, 1.807) is 6.92 Å². The minimum Gasteiger partial charge on any atom is -0.372 e. The molecule has 0 saturated carbocycles. The van der Waals surface area contributed by atoms with Crippen LogP contribution in [0.1, 0.15) is 33.1 Å². The van der Waals surface area contributed by atoms with Gasteiger partial charge in [0, 0.05) is 6.61 Å². The predicted octanol–water partition coefficient (Wildman–Crippen LogP) is 3.29. The summed E-state index contributed by atoms with van der Waals surface area (Å²) in [5.74, 6) is 0. The van der Waals surface area contributed by atoms with Crippen LogP contribution in [0.25, 0.3) is 0 Å². The monoisotopic (exact) mass is 223 g/mol. The maximum absolute atomic E-state index is 11.7. The van der Waals surface area contributed by atoms with E-state index in [9.17, 15) is 13.2 Å². The minimum atomic E-state index is -4.26. The molecule has 0 fully saturated rings. The number of hydrogen-bond donors (Lipinski definition) is 0. The lowest BCUT2D eigenvalue weighted by molar-refractivity contribution is -0.174. The van der Waals surface area contributed by atoms with Gasteiger partial charge in [-0.05, 0) is 26.2 Å². The molecule has 1 unspecified atom stereocenters. The van der Waals surface area contributed by atoms with E-state index >= 15 is 0 Å². The van der Waals surface area contributed by atoms with Crippen LogP contribution in [0.5, 0.6) is 0 Å². The van der Waals surface area contributed by atoms with E-state index in [0.29, 0.717) is 19.3 Å². The second-order valence-corrected chi connectivity index (χ2v) is 3.80. The Kier molecular flexibility index (Phi) is 5.66. The summed E-state index contributed by atoms with van der Waals surface area (Å²) in [6.07, 6.45) is -2.52. The maximum Gasteiger partial charge on any atom is 0.411 e. The molecule has 88 valence electrons. The van der Waals surface area contributed by atoms with Crippen molar-refractivity contribution in [2.24, 2.45) is 5.41 Å². The second kappa shape index (κ2) is 5.96. The van der Waals surface area contributed by atoms with Crippen molar-refractivity contribution in [3.8, 4) is 6.07 Å². The Balaban J connectivity index is 3.60. The summed E-state index contributed by atoms with van der Waals surface area (Å²) in [6, 6.07) is 2.16. The van der Waals surface area contributed by atoms with Crippen LogP contribution in [0.2, 0.25) is 0 Å². The highest BCUT2D eigenvalue weighted by atomic mass is 19.4. The summed E-state index contributed by atoms with van der Waals surface area (Å²) in [6.45, 7) is 2.54. The number of ether oxygens (including phenoxy) is 1. The number of nitriles is 1. The van der Waals surface area contributed by atoms with E-state index in [2.05, 4.69) is 10.8 Å². The largest absolute Gasteiger partial charge is 0.411 e. The molecule has 15 heavy (non-hydrogen) atoms. The molecule has 0 rings (SSSR count). The lowest BCUT2D eigenvalue weighted by Gasteiger charge is -2.18. The smallest absolute Gasteiger partial charge is 0.372 e. The van der Waals surface area contributed by atoms with Crippen LogP contribution in [0.15, 0.2) is 0 Å². The average molecular weight is 223 g/mol. The third-order valence-corrected chi connectivity index (χ3v) is 2.33. The zero-order chi connectivity index (χ0) is 11.9. The van der Waals surface area contributed by atoms with Crippen LogP contribution < -0.4 is 0 Å². The van der Waals surface area contributed by atoms with Gasteiger partial charge in [0.1, 0.15) is 6.61 Å². The normalized spacial score (nSPS) is 15.7. The molecule has 0 aromatic rings. The summed E-state index contributed by atoms with van der Waals surface area (Å²) in [7, 11) is 0. The van der Waals surface area contributed by atoms with Gasteiger partial charge < -0.3 is 4.74 Å². The molecule has 0 aromatic carbocycles. The molecule has 5 heteroatoms. The van der Waals surface area contributed by atoms with Crippen molar-refractivity contribution in [1.29, 1.82) is 5.26 Å². The fourth-order valence-electron chi connectivity index (χ4n) is 1.06. The van der Waals surface area contributed by atoms with E-state index in [1.165, 1.54) is 0 Å². The van der Waals surface area contributed by atoms with Crippen LogP contribution in [-0.2, 0) is 4.74 Å². The Bertz CT molecular complexity index is 222. The van der Waals surface area contributed by atoms with Gasteiger partial charge in [0.15, 0.2) is 0 Å². The van der Waals surface area contributed by atoms with Crippen LogP contribution in [-0.4, -0.2) is 19.4 Å². The first-order valence-electron chi connectivity index (χ1n) is 4.89. The van der Waals surface area contributed by atoms with Gasteiger partial charge in [0.25, 0.3) is 0 Å². The molecular formula is C10H16F3NO. The van der Waals surface area contributed by atoms with Crippen LogP contribution in [0.4, 0.5) is 13.2 Å². The van der Waals surface area contributed by atoms with E-state index < -0.39 is 18.2 Å². The molecule has 0 saturated heterocycles. The van der Waals surface area contributed by atoms with Crippen molar-refractivity contribution in [2.75, 3.05) is 13.2 Å². The molecule has 0 heterocycles. The summed E-state index contributed by atoms with van der Waals surface area (Å²) in [4.78, 5) is 0. The zero-order valence-corrected chi connectivity index (χ0v) is 9.02. The number of hydrogen-bond acceptors (Lipinski definition) is 2.